The molecule has 0 aliphatic rings. The van der Waals surface area contributed by atoms with Gasteiger partial charge in [0.1, 0.15) is 6.33 Å². The second-order valence-electron chi connectivity index (χ2n) is 5.12. The first kappa shape index (κ1) is 18.3. The van der Waals surface area contributed by atoms with Gasteiger partial charge in [-0.3, -0.25) is 0 Å². The predicted molar refractivity (Wildman–Crippen MR) is 95.3 cm³/mol. The van der Waals surface area contributed by atoms with Crippen molar-refractivity contribution < 1.29 is 9.53 Å². The Balaban J connectivity index is 1.98. The summed E-state index contributed by atoms with van der Waals surface area (Å²) in [6.45, 7) is 5.16. The van der Waals surface area contributed by atoms with E-state index in [9.17, 15) is 4.79 Å². The first-order valence-electron chi connectivity index (χ1n) is 7.81. The molecule has 0 fully saturated rings. The zero-order valence-electron chi connectivity index (χ0n) is 14.2. The van der Waals surface area contributed by atoms with Gasteiger partial charge in [0.25, 0.3) is 0 Å². The molecule has 1 unspecified atom stereocenters. The van der Waals surface area contributed by atoms with Crippen LogP contribution in [0.4, 0.5) is 10.5 Å². The van der Waals surface area contributed by atoms with Gasteiger partial charge in [-0.25, -0.2) is 4.79 Å². The lowest BCUT2D eigenvalue weighted by molar-refractivity contribution is 0.185. The van der Waals surface area contributed by atoms with Crippen molar-refractivity contribution >= 4 is 23.5 Å². The van der Waals surface area contributed by atoms with Crippen LogP contribution in [0.2, 0.25) is 0 Å². The number of rotatable bonds is 8. The number of para-hydroxylation sites is 1. The summed E-state index contributed by atoms with van der Waals surface area (Å²) in [5, 5.41) is 13.8. The molecule has 2 amide bonds. The Kier molecular flexibility index (Phi) is 7.07. The number of carbonyl (C=O) groups is 1. The summed E-state index contributed by atoms with van der Waals surface area (Å²) in [4.78, 5) is 13.3. The van der Waals surface area contributed by atoms with Crippen LogP contribution < -0.4 is 10.6 Å². The van der Waals surface area contributed by atoms with Gasteiger partial charge < -0.3 is 19.9 Å². The van der Waals surface area contributed by atoms with Crippen molar-refractivity contribution in [3.05, 3.63) is 36.4 Å². The van der Waals surface area contributed by atoms with E-state index in [1.807, 2.05) is 35.8 Å². The Morgan fingerprint density at radius 1 is 1.42 bits per heavy atom. The Hall–Kier alpha value is -2.06. The molecule has 8 heteroatoms. The molecule has 0 aliphatic heterocycles. The fourth-order valence-corrected chi connectivity index (χ4v) is 2.99. The van der Waals surface area contributed by atoms with Crippen LogP contribution in [0.15, 0.2) is 35.5 Å². The summed E-state index contributed by atoms with van der Waals surface area (Å²) in [7, 11) is 1.64. The van der Waals surface area contributed by atoms with Crippen molar-refractivity contribution in [1.82, 2.24) is 20.1 Å². The van der Waals surface area contributed by atoms with Crippen LogP contribution in [0, 0.1) is 0 Å². The van der Waals surface area contributed by atoms with Crippen LogP contribution in [0.25, 0.3) is 0 Å². The SMILES string of the molecule is CCSc1ccccc1NC(=O)NC(C)c1nncn1CCOC. The van der Waals surface area contributed by atoms with Gasteiger partial charge in [-0.15, -0.1) is 22.0 Å². The molecule has 7 nitrogen and oxygen atoms in total. The number of amides is 2. The molecule has 2 aromatic rings. The molecule has 0 spiro atoms. The number of aromatic nitrogens is 3. The molecular formula is C16H23N5O2S. The molecule has 2 N–H and O–H groups in total. The van der Waals surface area contributed by atoms with Crippen molar-refractivity contribution in [3.8, 4) is 0 Å². The number of thioether (sulfide) groups is 1. The smallest absolute Gasteiger partial charge is 0.319 e. The predicted octanol–water partition coefficient (Wildman–Crippen LogP) is 2.92. The quantitative estimate of drug-likeness (QED) is 0.716. The maximum Gasteiger partial charge on any atom is 0.319 e. The lowest BCUT2D eigenvalue weighted by Crippen LogP contribution is -2.33. The van der Waals surface area contributed by atoms with Gasteiger partial charge in [-0.2, -0.15) is 0 Å². The third kappa shape index (κ3) is 4.97. The highest BCUT2D eigenvalue weighted by Gasteiger charge is 2.16. The van der Waals surface area contributed by atoms with E-state index in [4.69, 9.17) is 4.74 Å². The number of ether oxygens (including phenoxy) is 1. The maximum absolute atomic E-state index is 12.3. The number of hydrogen-bond acceptors (Lipinski definition) is 5. The minimum absolute atomic E-state index is 0.268. The Labute approximate surface area is 146 Å². The number of nitrogens with zero attached hydrogens (tertiary/aromatic N) is 3. The number of methoxy groups -OCH3 is 1. The zero-order valence-corrected chi connectivity index (χ0v) is 15.0. The highest BCUT2D eigenvalue weighted by molar-refractivity contribution is 7.99. The van der Waals surface area contributed by atoms with Gasteiger partial charge in [-0.1, -0.05) is 19.1 Å². The molecule has 130 valence electrons. The summed E-state index contributed by atoms with van der Waals surface area (Å²) < 4.78 is 6.94. The van der Waals surface area contributed by atoms with Crippen molar-refractivity contribution in [2.75, 3.05) is 24.8 Å². The summed E-state index contributed by atoms with van der Waals surface area (Å²) in [5.74, 6) is 1.64. The third-order valence-electron chi connectivity index (χ3n) is 3.35. The summed E-state index contributed by atoms with van der Waals surface area (Å²) in [6.07, 6.45) is 1.64. The molecular weight excluding hydrogens is 326 g/mol. The van der Waals surface area contributed by atoms with Gasteiger partial charge in [0, 0.05) is 18.6 Å². The van der Waals surface area contributed by atoms with Crippen molar-refractivity contribution in [1.29, 1.82) is 0 Å². The summed E-state index contributed by atoms with van der Waals surface area (Å²) >= 11 is 1.69. The van der Waals surface area contributed by atoms with Gasteiger partial charge in [-0.05, 0) is 24.8 Å². The Morgan fingerprint density at radius 2 is 2.21 bits per heavy atom. The van der Waals surface area contributed by atoms with Crippen LogP contribution in [0.3, 0.4) is 0 Å². The monoisotopic (exact) mass is 349 g/mol. The van der Waals surface area contributed by atoms with Crippen molar-refractivity contribution in [2.45, 2.75) is 31.3 Å². The van der Waals surface area contributed by atoms with Gasteiger partial charge in [0.15, 0.2) is 5.82 Å². The van der Waals surface area contributed by atoms with E-state index >= 15 is 0 Å². The van der Waals surface area contributed by atoms with Gasteiger partial charge in [0.05, 0.1) is 18.3 Å². The fraction of sp³-hybridized carbons (Fsp3) is 0.438. The molecule has 0 radical (unpaired) electrons. The number of anilines is 1. The molecule has 0 saturated carbocycles. The average molecular weight is 349 g/mol. The van der Waals surface area contributed by atoms with E-state index in [2.05, 4.69) is 27.8 Å². The zero-order chi connectivity index (χ0) is 17.4. The molecule has 1 heterocycles. The second-order valence-corrected chi connectivity index (χ2v) is 6.43. The van der Waals surface area contributed by atoms with Crippen LogP contribution in [0.1, 0.15) is 25.7 Å². The lowest BCUT2D eigenvalue weighted by atomic mass is 10.3. The number of nitrogens with one attached hydrogen (secondary N) is 2. The summed E-state index contributed by atoms with van der Waals surface area (Å²) in [5.41, 5.74) is 0.801. The molecule has 1 aromatic carbocycles. The maximum atomic E-state index is 12.3. The first-order valence-corrected chi connectivity index (χ1v) is 8.80. The van der Waals surface area contributed by atoms with Gasteiger partial charge >= 0.3 is 6.03 Å². The van der Waals surface area contributed by atoms with Gasteiger partial charge in [0.2, 0.25) is 0 Å². The van der Waals surface area contributed by atoms with E-state index in [0.29, 0.717) is 19.0 Å². The van der Waals surface area contributed by atoms with Crippen LogP contribution in [-0.4, -0.2) is 40.3 Å². The van der Waals surface area contributed by atoms with Crippen molar-refractivity contribution in [2.24, 2.45) is 0 Å². The van der Waals surface area contributed by atoms with E-state index in [1.165, 1.54) is 0 Å². The third-order valence-corrected chi connectivity index (χ3v) is 4.31. The number of benzene rings is 1. The minimum Gasteiger partial charge on any atom is -0.383 e. The van der Waals surface area contributed by atoms with E-state index in [1.54, 1.807) is 25.2 Å². The Morgan fingerprint density at radius 3 is 2.96 bits per heavy atom. The van der Waals surface area contributed by atoms with E-state index < -0.39 is 0 Å². The van der Waals surface area contributed by atoms with Crippen molar-refractivity contribution in [3.63, 3.8) is 0 Å². The normalized spacial score (nSPS) is 12.0. The fourth-order valence-electron chi connectivity index (χ4n) is 2.23. The molecule has 2 rings (SSSR count). The molecule has 0 bridgehead atoms. The molecule has 1 atom stereocenters. The van der Waals surface area contributed by atoms with E-state index in [-0.39, 0.29) is 12.1 Å². The number of urea groups is 1. The lowest BCUT2D eigenvalue weighted by Gasteiger charge is -2.16. The largest absolute Gasteiger partial charge is 0.383 e. The first-order chi connectivity index (χ1) is 11.7. The number of hydrogen-bond donors (Lipinski definition) is 2. The standard InChI is InChI=1S/C16H23N5O2S/c1-4-24-14-8-6-5-7-13(14)19-16(22)18-12(2)15-20-17-11-21(15)9-10-23-3/h5-8,11-12H,4,9-10H2,1-3H3,(H2,18,19,22). The van der Waals surface area contributed by atoms with E-state index in [0.717, 1.165) is 16.3 Å². The highest BCUT2D eigenvalue weighted by atomic mass is 32.2. The highest BCUT2D eigenvalue weighted by Crippen LogP contribution is 2.26. The Bertz CT molecular complexity index is 661. The minimum atomic E-state index is -0.270. The molecule has 24 heavy (non-hydrogen) atoms. The number of carbonyl (C=O) groups excluding carboxylic acids is 1. The second kappa shape index (κ2) is 9.29. The van der Waals surface area contributed by atoms with Crippen LogP contribution in [0.5, 0.6) is 0 Å². The average Bonchev–Trinajstić information content (AvgIpc) is 3.03. The van der Waals surface area contributed by atoms with Crippen LogP contribution in [-0.2, 0) is 11.3 Å². The summed E-state index contributed by atoms with van der Waals surface area (Å²) in [6, 6.07) is 7.21. The molecule has 0 saturated heterocycles. The molecule has 1 aromatic heterocycles. The molecule has 0 aliphatic carbocycles. The van der Waals surface area contributed by atoms with Crippen LogP contribution >= 0.6 is 11.8 Å². The topological polar surface area (TPSA) is 81.1 Å².